The molecule has 3 rings (SSSR count). The van der Waals surface area contributed by atoms with Crippen LogP contribution in [0.15, 0.2) is 0 Å². The van der Waals surface area contributed by atoms with E-state index in [-0.39, 0.29) is 17.6 Å². The molecule has 0 aromatic carbocycles. The summed E-state index contributed by atoms with van der Waals surface area (Å²) in [7, 11) is -3.01. The van der Waals surface area contributed by atoms with Crippen molar-refractivity contribution in [3.63, 3.8) is 0 Å². The van der Waals surface area contributed by atoms with Gasteiger partial charge in [0.15, 0.2) is 0 Å². The molecule has 10 heteroatoms. The number of carbonyl (C=O) groups is 3. The highest BCUT2D eigenvalue weighted by molar-refractivity contribution is 7.90. The third-order valence-corrected chi connectivity index (χ3v) is 6.78. The Balaban J connectivity index is 1.57. The molecule has 1 unspecified atom stereocenters. The van der Waals surface area contributed by atoms with E-state index in [1.807, 2.05) is 4.90 Å². The standard InChI is InChI=1S/C17H28N4O5S/c1-13(21-15(23)17(18-16(21)24)5-3-4-6-17)14(22)20-9-7-19(8-10-20)11-12-27(2,25)26/h13H,3-12H2,1-2H3,(H,18,24). The molecule has 1 spiro atoms. The highest BCUT2D eigenvalue weighted by atomic mass is 32.2. The largest absolute Gasteiger partial charge is 0.338 e. The molecular formula is C17H28N4O5S. The number of nitrogens with one attached hydrogen (secondary N) is 1. The first-order chi connectivity index (χ1) is 12.6. The first kappa shape index (κ1) is 20.1. The van der Waals surface area contributed by atoms with Crippen LogP contribution in [0.5, 0.6) is 0 Å². The lowest BCUT2D eigenvalue weighted by atomic mass is 9.97. The molecule has 27 heavy (non-hydrogen) atoms. The molecule has 1 N–H and O–H groups in total. The lowest BCUT2D eigenvalue weighted by Crippen LogP contribution is -2.56. The van der Waals surface area contributed by atoms with Crippen LogP contribution in [0, 0.1) is 0 Å². The van der Waals surface area contributed by atoms with Crippen LogP contribution in [0.4, 0.5) is 4.79 Å². The van der Waals surface area contributed by atoms with Gasteiger partial charge in [0.05, 0.1) is 5.75 Å². The SMILES string of the molecule is CC(C(=O)N1CCN(CCS(C)(=O)=O)CC1)N1C(=O)NC2(CCCC2)C1=O. The Labute approximate surface area is 160 Å². The number of imide groups is 1. The van der Waals surface area contributed by atoms with E-state index in [4.69, 9.17) is 0 Å². The Bertz CT molecular complexity index is 724. The number of nitrogens with zero attached hydrogens (tertiary/aromatic N) is 3. The first-order valence-electron chi connectivity index (χ1n) is 9.48. The minimum absolute atomic E-state index is 0.0991. The molecule has 3 aliphatic rings. The Morgan fingerprint density at radius 3 is 2.30 bits per heavy atom. The maximum Gasteiger partial charge on any atom is 0.325 e. The van der Waals surface area contributed by atoms with Gasteiger partial charge in [0.2, 0.25) is 5.91 Å². The quantitative estimate of drug-likeness (QED) is 0.619. The fourth-order valence-electron chi connectivity index (χ4n) is 4.17. The van der Waals surface area contributed by atoms with E-state index in [9.17, 15) is 22.8 Å². The van der Waals surface area contributed by atoms with Crippen molar-refractivity contribution in [2.24, 2.45) is 0 Å². The van der Waals surface area contributed by atoms with Gasteiger partial charge in [0.25, 0.3) is 5.91 Å². The van der Waals surface area contributed by atoms with Crippen LogP contribution in [-0.2, 0) is 19.4 Å². The second-order valence-electron chi connectivity index (χ2n) is 7.87. The molecule has 2 saturated heterocycles. The third-order valence-electron chi connectivity index (χ3n) is 5.86. The molecule has 2 heterocycles. The highest BCUT2D eigenvalue weighted by Gasteiger charge is 2.54. The minimum Gasteiger partial charge on any atom is -0.338 e. The van der Waals surface area contributed by atoms with Crippen molar-refractivity contribution in [3.05, 3.63) is 0 Å². The number of hydrogen-bond acceptors (Lipinski definition) is 6. The second-order valence-corrected chi connectivity index (χ2v) is 10.1. The average molecular weight is 401 g/mol. The maximum absolute atomic E-state index is 12.8. The van der Waals surface area contributed by atoms with E-state index in [0.29, 0.717) is 45.6 Å². The van der Waals surface area contributed by atoms with Crippen LogP contribution < -0.4 is 5.32 Å². The summed E-state index contributed by atoms with van der Waals surface area (Å²) < 4.78 is 22.6. The Kier molecular flexibility index (Phi) is 5.49. The van der Waals surface area contributed by atoms with Gasteiger partial charge in [-0.2, -0.15) is 0 Å². The summed E-state index contributed by atoms with van der Waals surface area (Å²) in [5.41, 5.74) is -0.810. The zero-order valence-corrected chi connectivity index (χ0v) is 16.8. The smallest absolute Gasteiger partial charge is 0.325 e. The summed E-state index contributed by atoms with van der Waals surface area (Å²) in [6, 6.07) is -1.31. The van der Waals surface area contributed by atoms with E-state index >= 15 is 0 Å². The lowest BCUT2D eigenvalue weighted by molar-refractivity contribution is -0.143. The molecule has 3 fully saturated rings. The van der Waals surface area contributed by atoms with Crippen LogP contribution in [0.2, 0.25) is 0 Å². The molecule has 152 valence electrons. The van der Waals surface area contributed by atoms with Crippen molar-refractivity contribution >= 4 is 27.7 Å². The van der Waals surface area contributed by atoms with Gasteiger partial charge >= 0.3 is 6.03 Å². The van der Waals surface area contributed by atoms with E-state index in [1.165, 1.54) is 6.26 Å². The van der Waals surface area contributed by atoms with Crippen molar-refractivity contribution in [2.45, 2.75) is 44.2 Å². The average Bonchev–Trinajstić information content (AvgIpc) is 3.17. The molecule has 2 aliphatic heterocycles. The number of sulfone groups is 1. The van der Waals surface area contributed by atoms with Gasteiger partial charge in [-0.15, -0.1) is 0 Å². The van der Waals surface area contributed by atoms with Gasteiger partial charge in [0, 0.05) is 39.0 Å². The fraction of sp³-hybridized carbons (Fsp3) is 0.824. The van der Waals surface area contributed by atoms with Gasteiger partial charge in [-0.1, -0.05) is 12.8 Å². The van der Waals surface area contributed by atoms with Gasteiger partial charge in [0.1, 0.15) is 21.4 Å². The Hall–Kier alpha value is -1.68. The van der Waals surface area contributed by atoms with Gasteiger partial charge < -0.3 is 10.2 Å². The fourth-order valence-corrected chi connectivity index (χ4v) is 4.76. The van der Waals surface area contributed by atoms with Crippen LogP contribution in [0.1, 0.15) is 32.6 Å². The monoisotopic (exact) mass is 400 g/mol. The van der Waals surface area contributed by atoms with Gasteiger partial charge in [-0.05, 0) is 19.8 Å². The molecule has 0 aromatic rings. The topological polar surface area (TPSA) is 107 Å². The van der Waals surface area contributed by atoms with Gasteiger partial charge in [-0.25, -0.2) is 18.1 Å². The van der Waals surface area contributed by atoms with Crippen molar-refractivity contribution in [2.75, 3.05) is 44.7 Å². The Morgan fingerprint density at radius 2 is 1.74 bits per heavy atom. The molecule has 1 aliphatic carbocycles. The molecule has 0 radical (unpaired) electrons. The zero-order chi connectivity index (χ0) is 19.8. The van der Waals surface area contributed by atoms with Crippen molar-refractivity contribution in [3.8, 4) is 0 Å². The van der Waals surface area contributed by atoms with Gasteiger partial charge in [-0.3, -0.25) is 14.5 Å². The number of hydrogen-bond donors (Lipinski definition) is 1. The summed E-state index contributed by atoms with van der Waals surface area (Å²) in [6.45, 7) is 4.13. The van der Waals surface area contributed by atoms with Crippen molar-refractivity contribution < 1.29 is 22.8 Å². The molecule has 4 amide bonds. The minimum atomic E-state index is -3.01. The summed E-state index contributed by atoms with van der Waals surface area (Å²) in [6.07, 6.45) is 4.28. The molecule has 1 atom stereocenters. The molecule has 0 bridgehead atoms. The van der Waals surface area contributed by atoms with Crippen LogP contribution >= 0.6 is 0 Å². The van der Waals surface area contributed by atoms with E-state index < -0.39 is 27.4 Å². The van der Waals surface area contributed by atoms with E-state index in [1.54, 1.807) is 11.8 Å². The Morgan fingerprint density at radius 1 is 1.15 bits per heavy atom. The van der Waals surface area contributed by atoms with Crippen molar-refractivity contribution in [1.29, 1.82) is 0 Å². The van der Waals surface area contributed by atoms with Crippen LogP contribution in [0.3, 0.4) is 0 Å². The van der Waals surface area contributed by atoms with E-state index in [0.717, 1.165) is 17.7 Å². The molecule has 0 aromatic heterocycles. The third kappa shape index (κ3) is 4.11. The number of piperazine rings is 1. The predicted molar refractivity (Wildman–Crippen MR) is 98.8 cm³/mol. The number of rotatable bonds is 5. The highest BCUT2D eigenvalue weighted by Crippen LogP contribution is 2.35. The first-order valence-corrected chi connectivity index (χ1v) is 11.5. The van der Waals surface area contributed by atoms with E-state index in [2.05, 4.69) is 5.32 Å². The number of urea groups is 1. The van der Waals surface area contributed by atoms with Crippen LogP contribution in [0.25, 0.3) is 0 Å². The van der Waals surface area contributed by atoms with Crippen LogP contribution in [-0.4, -0.2) is 97.3 Å². The predicted octanol–water partition coefficient (Wildman–Crippen LogP) is -0.572. The molecular weight excluding hydrogens is 372 g/mol. The number of carbonyl (C=O) groups excluding carboxylic acids is 3. The molecule has 9 nitrogen and oxygen atoms in total. The lowest BCUT2D eigenvalue weighted by Gasteiger charge is -2.36. The van der Waals surface area contributed by atoms with Crippen molar-refractivity contribution in [1.82, 2.24) is 20.0 Å². The molecule has 1 saturated carbocycles. The zero-order valence-electron chi connectivity index (χ0n) is 15.9. The normalized spacial score (nSPS) is 24.5. The summed E-state index contributed by atoms with van der Waals surface area (Å²) in [5.74, 6) is -0.420. The summed E-state index contributed by atoms with van der Waals surface area (Å²) >= 11 is 0. The summed E-state index contributed by atoms with van der Waals surface area (Å²) in [4.78, 5) is 42.8. The maximum atomic E-state index is 12.8. The number of amides is 4. The summed E-state index contributed by atoms with van der Waals surface area (Å²) in [5, 5.41) is 2.81. The second kappa shape index (κ2) is 7.38.